The second-order valence-corrected chi connectivity index (χ2v) is 9.43. The first-order valence-electron chi connectivity index (χ1n) is 10.9. The molecule has 7 nitrogen and oxygen atoms in total. The fourth-order valence-corrected chi connectivity index (χ4v) is 4.53. The van der Waals surface area contributed by atoms with E-state index in [0.717, 1.165) is 23.5 Å². The number of aryl methyl sites for hydroxylation is 2. The Morgan fingerprint density at radius 2 is 1.97 bits per heavy atom. The highest BCUT2D eigenvalue weighted by Crippen LogP contribution is 2.24. The summed E-state index contributed by atoms with van der Waals surface area (Å²) >= 11 is 7.50. The van der Waals surface area contributed by atoms with Crippen molar-refractivity contribution in [1.29, 1.82) is 0 Å². The summed E-state index contributed by atoms with van der Waals surface area (Å²) in [5, 5.41) is 3.70. The average Bonchev–Trinajstić information content (AvgIpc) is 2.74. The van der Waals surface area contributed by atoms with Crippen LogP contribution in [0.4, 0.5) is 11.5 Å². The Balaban J connectivity index is 1.60. The molecule has 9 heteroatoms. The van der Waals surface area contributed by atoms with Gasteiger partial charge in [-0.2, -0.15) is 0 Å². The van der Waals surface area contributed by atoms with Gasteiger partial charge in [0.2, 0.25) is 11.8 Å². The van der Waals surface area contributed by atoms with Gasteiger partial charge < -0.3 is 15.1 Å². The predicted octanol–water partition coefficient (Wildman–Crippen LogP) is 4.31. The van der Waals surface area contributed by atoms with Crippen LogP contribution in [-0.4, -0.2) is 58.1 Å². The van der Waals surface area contributed by atoms with Crippen molar-refractivity contribution in [3.05, 3.63) is 40.5 Å². The largest absolute Gasteiger partial charge is 0.353 e. The van der Waals surface area contributed by atoms with E-state index in [9.17, 15) is 9.59 Å². The first-order valence-corrected chi connectivity index (χ1v) is 12.2. The summed E-state index contributed by atoms with van der Waals surface area (Å²) in [5.41, 5.74) is 3.09. The molecule has 1 aromatic carbocycles. The lowest BCUT2D eigenvalue weighted by Crippen LogP contribution is -2.54. The standard InChI is InChI=1S/C23H30ClN5O2S/c1-5-6-22(31)29-10-9-28(13-17(29)4)20-12-19(24)26-23(27-20)32-14-21(30)25-18-8-7-15(2)16(3)11-18/h7-8,11-12,17H,5-6,9-10,13-14H2,1-4H3,(H,25,30). The number of piperazine rings is 1. The van der Waals surface area contributed by atoms with Crippen LogP contribution in [0.5, 0.6) is 0 Å². The average molecular weight is 476 g/mol. The van der Waals surface area contributed by atoms with Crippen molar-refractivity contribution < 1.29 is 9.59 Å². The van der Waals surface area contributed by atoms with Crippen LogP contribution in [0, 0.1) is 13.8 Å². The minimum absolute atomic E-state index is 0.0939. The van der Waals surface area contributed by atoms with Crippen molar-refractivity contribution in [3.8, 4) is 0 Å². The molecule has 1 aliphatic heterocycles. The van der Waals surface area contributed by atoms with Crippen LogP contribution in [0.15, 0.2) is 29.4 Å². The topological polar surface area (TPSA) is 78.4 Å². The van der Waals surface area contributed by atoms with Crippen LogP contribution in [0.3, 0.4) is 0 Å². The number of anilines is 2. The number of carbonyl (C=O) groups excluding carboxylic acids is 2. The summed E-state index contributed by atoms with van der Waals surface area (Å²) in [6.07, 6.45) is 1.43. The minimum atomic E-state index is -0.125. The van der Waals surface area contributed by atoms with E-state index in [0.29, 0.717) is 36.4 Å². The number of carbonyl (C=O) groups is 2. The molecule has 2 heterocycles. The van der Waals surface area contributed by atoms with Crippen LogP contribution in [0.2, 0.25) is 5.15 Å². The van der Waals surface area contributed by atoms with Gasteiger partial charge in [-0.1, -0.05) is 36.4 Å². The summed E-state index contributed by atoms with van der Waals surface area (Å²) in [5.74, 6) is 0.977. The lowest BCUT2D eigenvalue weighted by atomic mass is 10.1. The van der Waals surface area contributed by atoms with Gasteiger partial charge in [-0.25, -0.2) is 9.97 Å². The summed E-state index contributed by atoms with van der Waals surface area (Å²) in [7, 11) is 0. The van der Waals surface area contributed by atoms with E-state index in [1.165, 1.54) is 17.3 Å². The molecule has 1 fully saturated rings. The Morgan fingerprint density at radius 1 is 1.19 bits per heavy atom. The van der Waals surface area contributed by atoms with E-state index in [2.05, 4.69) is 27.1 Å². The molecule has 1 atom stereocenters. The molecule has 2 amide bonds. The van der Waals surface area contributed by atoms with Crippen LogP contribution in [0.25, 0.3) is 0 Å². The Morgan fingerprint density at radius 3 is 2.66 bits per heavy atom. The fourth-order valence-electron chi connectivity index (χ4n) is 3.65. The third kappa shape index (κ3) is 6.36. The van der Waals surface area contributed by atoms with Gasteiger partial charge in [-0.05, 0) is 50.5 Å². The van der Waals surface area contributed by atoms with Gasteiger partial charge in [-0.3, -0.25) is 9.59 Å². The van der Waals surface area contributed by atoms with E-state index in [-0.39, 0.29) is 23.6 Å². The maximum absolute atomic E-state index is 12.4. The molecule has 172 valence electrons. The molecule has 1 aromatic heterocycles. The third-order valence-corrected chi connectivity index (χ3v) is 6.56. The SMILES string of the molecule is CCCC(=O)N1CCN(c2cc(Cl)nc(SCC(=O)Nc3ccc(C)c(C)c3)n2)CC1C. The Hall–Kier alpha value is -2.32. The number of benzene rings is 1. The van der Waals surface area contributed by atoms with Crippen molar-refractivity contribution >= 4 is 46.7 Å². The number of hydrogen-bond acceptors (Lipinski definition) is 6. The molecular formula is C23H30ClN5O2S. The quantitative estimate of drug-likeness (QED) is 0.365. The van der Waals surface area contributed by atoms with Crippen LogP contribution in [-0.2, 0) is 9.59 Å². The highest BCUT2D eigenvalue weighted by Gasteiger charge is 2.28. The molecule has 1 saturated heterocycles. The van der Waals surface area contributed by atoms with Gasteiger partial charge in [0.1, 0.15) is 11.0 Å². The first-order chi connectivity index (χ1) is 15.3. The lowest BCUT2D eigenvalue weighted by molar-refractivity contribution is -0.133. The van der Waals surface area contributed by atoms with E-state index in [1.807, 2.05) is 43.9 Å². The molecule has 2 aromatic rings. The van der Waals surface area contributed by atoms with Crippen LogP contribution in [0.1, 0.15) is 37.8 Å². The zero-order chi connectivity index (χ0) is 23.3. The highest BCUT2D eigenvalue weighted by atomic mass is 35.5. The van der Waals surface area contributed by atoms with Crippen molar-refractivity contribution in [2.75, 3.05) is 35.6 Å². The number of amides is 2. The lowest BCUT2D eigenvalue weighted by Gasteiger charge is -2.40. The van der Waals surface area contributed by atoms with Gasteiger partial charge in [0.05, 0.1) is 5.75 Å². The molecule has 0 bridgehead atoms. The normalized spacial score (nSPS) is 16.2. The maximum atomic E-state index is 12.4. The number of hydrogen-bond donors (Lipinski definition) is 1. The summed E-state index contributed by atoms with van der Waals surface area (Å²) < 4.78 is 0. The van der Waals surface area contributed by atoms with Gasteiger partial charge in [0.25, 0.3) is 0 Å². The Bertz CT molecular complexity index is 987. The zero-order valence-corrected chi connectivity index (χ0v) is 20.6. The van der Waals surface area contributed by atoms with E-state index < -0.39 is 0 Å². The highest BCUT2D eigenvalue weighted by molar-refractivity contribution is 7.99. The number of rotatable bonds is 7. The first kappa shape index (κ1) is 24.3. The summed E-state index contributed by atoms with van der Waals surface area (Å²) in [6, 6.07) is 7.66. The number of aromatic nitrogens is 2. The summed E-state index contributed by atoms with van der Waals surface area (Å²) in [4.78, 5) is 37.6. The van der Waals surface area contributed by atoms with Crippen molar-refractivity contribution in [3.63, 3.8) is 0 Å². The van der Waals surface area contributed by atoms with E-state index >= 15 is 0 Å². The molecule has 0 aliphatic carbocycles. The molecule has 32 heavy (non-hydrogen) atoms. The van der Waals surface area contributed by atoms with Gasteiger partial charge in [0.15, 0.2) is 5.16 Å². The number of nitrogens with zero attached hydrogens (tertiary/aromatic N) is 4. The number of halogens is 1. The molecule has 1 N–H and O–H groups in total. The summed E-state index contributed by atoms with van der Waals surface area (Å²) in [6.45, 7) is 10.1. The smallest absolute Gasteiger partial charge is 0.234 e. The zero-order valence-electron chi connectivity index (χ0n) is 19.0. The molecule has 3 rings (SSSR count). The monoisotopic (exact) mass is 475 g/mol. The second-order valence-electron chi connectivity index (χ2n) is 8.10. The molecule has 1 unspecified atom stereocenters. The van der Waals surface area contributed by atoms with Crippen LogP contribution >= 0.6 is 23.4 Å². The van der Waals surface area contributed by atoms with Gasteiger partial charge >= 0.3 is 0 Å². The molecule has 1 aliphatic rings. The molecule has 0 saturated carbocycles. The maximum Gasteiger partial charge on any atom is 0.234 e. The van der Waals surface area contributed by atoms with E-state index in [1.54, 1.807) is 6.07 Å². The van der Waals surface area contributed by atoms with Gasteiger partial charge in [0, 0.05) is 43.9 Å². The van der Waals surface area contributed by atoms with Crippen molar-refractivity contribution in [2.24, 2.45) is 0 Å². The van der Waals surface area contributed by atoms with Crippen molar-refractivity contribution in [2.45, 2.75) is 51.7 Å². The van der Waals surface area contributed by atoms with Crippen LogP contribution < -0.4 is 10.2 Å². The predicted molar refractivity (Wildman–Crippen MR) is 131 cm³/mol. The Kier molecular flexibility index (Phi) is 8.37. The number of thioether (sulfide) groups is 1. The molecular weight excluding hydrogens is 446 g/mol. The molecule has 0 radical (unpaired) electrons. The molecule has 0 spiro atoms. The Labute approximate surface area is 198 Å². The second kappa shape index (κ2) is 11.0. The van der Waals surface area contributed by atoms with E-state index in [4.69, 9.17) is 11.6 Å². The van der Waals surface area contributed by atoms with Crippen molar-refractivity contribution in [1.82, 2.24) is 14.9 Å². The van der Waals surface area contributed by atoms with Gasteiger partial charge in [-0.15, -0.1) is 0 Å². The fraction of sp³-hybridized carbons (Fsp3) is 0.478. The third-order valence-electron chi connectivity index (χ3n) is 5.52. The number of nitrogens with one attached hydrogen (secondary N) is 1. The minimum Gasteiger partial charge on any atom is -0.353 e.